The van der Waals surface area contributed by atoms with Gasteiger partial charge in [-0.3, -0.25) is 0 Å². The van der Waals surface area contributed by atoms with E-state index in [2.05, 4.69) is 20.8 Å². The highest BCUT2D eigenvalue weighted by Gasteiger charge is 2.23. The third kappa shape index (κ3) is 4.43. The van der Waals surface area contributed by atoms with Crippen molar-refractivity contribution in [2.45, 2.75) is 45.6 Å². The minimum Gasteiger partial charge on any atom is -0.374 e. The molecule has 0 atom stereocenters. The predicted molar refractivity (Wildman–Crippen MR) is 58.9 cm³/mol. The second-order valence-corrected chi connectivity index (χ2v) is 2.88. The normalized spacial score (nSPS) is 11.0. The first kappa shape index (κ1) is 14.9. The van der Waals surface area contributed by atoms with Gasteiger partial charge in [-0.25, -0.2) is 0 Å². The summed E-state index contributed by atoms with van der Waals surface area (Å²) in [7, 11) is 0. The van der Waals surface area contributed by atoms with Crippen molar-refractivity contribution in [3.63, 3.8) is 0 Å². The second kappa shape index (κ2) is 8.02. The van der Waals surface area contributed by atoms with E-state index in [1.807, 2.05) is 0 Å². The van der Waals surface area contributed by atoms with Crippen molar-refractivity contribution < 1.29 is 4.74 Å². The first-order valence-corrected chi connectivity index (χ1v) is 4.58. The summed E-state index contributed by atoms with van der Waals surface area (Å²) in [5.74, 6) is 0. The molecule has 0 aromatic heterocycles. The molecule has 0 aliphatic rings. The van der Waals surface area contributed by atoms with E-state index < -0.39 is 0 Å². The fourth-order valence-corrected chi connectivity index (χ4v) is 1.33. The first-order chi connectivity index (χ1) is 5.24. The highest BCUT2D eigenvalue weighted by Crippen LogP contribution is 2.23. The van der Waals surface area contributed by atoms with Gasteiger partial charge < -0.3 is 10.5 Å². The molecule has 2 nitrogen and oxygen atoms in total. The van der Waals surface area contributed by atoms with Gasteiger partial charge in [0.2, 0.25) is 0 Å². The van der Waals surface area contributed by atoms with Gasteiger partial charge in [-0.2, -0.15) is 0 Å². The van der Waals surface area contributed by atoms with Crippen molar-refractivity contribution in [1.29, 1.82) is 0 Å². The molecule has 0 saturated heterocycles. The molecule has 76 valence electrons. The van der Waals surface area contributed by atoms with Crippen LogP contribution in [0.2, 0.25) is 0 Å². The summed E-state index contributed by atoms with van der Waals surface area (Å²) in [6, 6.07) is 0. The lowest BCUT2D eigenvalue weighted by Gasteiger charge is -2.30. The van der Waals surface area contributed by atoms with Crippen LogP contribution in [0, 0.1) is 0 Å². The molecule has 0 rings (SSSR count). The van der Waals surface area contributed by atoms with E-state index in [-0.39, 0.29) is 22.6 Å². The fraction of sp³-hybridized carbons (Fsp3) is 1.00. The van der Waals surface area contributed by atoms with E-state index in [1.54, 1.807) is 0 Å². The molecule has 2 N–H and O–H groups in total. The number of hydrogen-bond acceptors (Lipinski definition) is 2. The van der Waals surface area contributed by atoms with Gasteiger partial charge in [0.1, 0.15) is 0 Å². The van der Waals surface area contributed by atoms with Crippen LogP contribution in [-0.2, 0) is 4.74 Å². The Balaban J connectivity index is 0. The number of ether oxygens (including phenoxy) is 1. The second-order valence-electron chi connectivity index (χ2n) is 2.88. The predicted octanol–water partition coefficient (Wildman–Crippen LogP) is 2.51. The SMILES string of the molecule is Br.CCC(CC)(CC)OCCN. The fourth-order valence-electron chi connectivity index (χ4n) is 1.33. The zero-order valence-electron chi connectivity index (χ0n) is 8.43. The van der Waals surface area contributed by atoms with Crippen LogP contribution in [0.5, 0.6) is 0 Å². The first-order valence-electron chi connectivity index (χ1n) is 4.58. The number of halogens is 1. The highest BCUT2D eigenvalue weighted by atomic mass is 79.9. The highest BCUT2D eigenvalue weighted by molar-refractivity contribution is 8.93. The minimum absolute atomic E-state index is 0. The Morgan fingerprint density at radius 1 is 1.08 bits per heavy atom. The van der Waals surface area contributed by atoms with Gasteiger partial charge in [-0.15, -0.1) is 17.0 Å². The maximum Gasteiger partial charge on any atom is 0.0675 e. The molecule has 0 unspecified atom stereocenters. The van der Waals surface area contributed by atoms with E-state index >= 15 is 0 Å². The van der Waals surface area contributed by atoms with Gasteiger partial charge in [-0.1, -0.05) is 20.8 Å². The van der Waals surface area contributed by atoms with Crippen molar-refractivity contribution in [1.82, 2.24) is 0 Å². The topological polar surface area (TPSA) is 35.2 Å². The standard InChI is InChI=1S/C9H21NO.BrH/c1-4-9(5-2,6-3)11-8-7-10;/h4-8,10H2,1-3H3;1H. The average Bonchev–Trinajstić information content (AvgIpc) is 2.08. The molecule has 0 fully saturated rings. The smallest absolute Gasteiger partial charge is 0.0675 e. The van der Waals surface area contributed by atoms with E-state index in [9.17, 15) is 0 Å². The van der Waals surface area contributed by atoms with Crippen molar-refractivity contribution in [2.24, 2.45) is 5.73 Å². The summed E-state index contributed by atoms with van der Waals surface area (Å²) in [5.41, 5.74) is 5.47. The largest absolute Gasteiger partial charge is 0.374 e. The molecule has 0 bridgehead atoms. The third-order valence-electron chi connectivity index (χ3n) is 2.46. The Kier molecular flexibility index (Phi) is 9.96. The quantitative estimate of drug-likeness (QED) is 0.774. The van der Waals surface area contributed by atoms with Crippen molar-refractivity contribution in [2.75, 3.05) is 13.2 Å². The summed E-state index contributed by atoms with van der Waals surface area (Å²) >= 11 is 0. The molecular formula is C9H22BrNO. The lowest BCUT2D eigenvalue weighted by atomic mass is 9.94. The molecule has 0 amide bonds. The van der Waals surface area contributed by atoms with Gasteiger partial charge in [0, 0.05) is 6.54 Å². The van der Waals surface area contributed by atoms with E-state index in [0.29, 0.717) is 13.2 Å². The van der Waals surface area contributed by atoms with Crippen LogP contribution in [0.15, 0.2) is 0 Å². The van der Waals surface area contributed by atoms with E-state index in [1.165, 1.54) is 0 Å². The van der Waals surface area contributed by atoms with Gasteiger partial charge in [0.15, 0.2) is 0 Å². The summed E-state index contributed by atoms with van der Waals surface area (Å²) < 4.78 is 5.70. The van der Waals surface area contributed by atoms with Crippen LogP contribution in [-0.4, -0.2) is 18.8 Å². The van der Waals surface area contributed by atoms with Crippen LogP contribution in [0.25, 0.3) is 0 Å². The summed E-state index contributed by atoms with van der Waals surface area (Å²) in [6.45, 7) is 7.83. The third-order valence-corrected chi connectivity index (χ3v) is 2.46. The molecule has 0 heterocycles. The molecule has 0 aromatic carbocycles. The molecule has 0 saturated carbocycles. The monoisotopic (exact) mass is 239 g/mol. The lowest BCUT2D eigenvalue weighted by molar-refractivity contribution is -0.0502. The molecule has 0 aliphatic heterocycles. The van der Waals surface area contributed by atoms with Gasteiger partial charge in [0.25, 0.3) is 0 Å². The van der Waals surface area contributed by atoms with Gasteiger partial charge in [0.05, 0.1) is 12.2 Å². The van der Waals surface area contributed by atoms with Crippen LogP contribution >= 0.6 is 17.0 Å². The summed E-state index contributed by atoms with van der Waals surface area (Å²) in [6.07, 6.45) is 3.25. The van der Waals surface area contributed by atoms with Crippen molar-refractivity contribution in [3.8, 4) is 0 Å². The lowest BCUT2D eigenvalue weighted by Crippen LogP contribution is -2.32. The Bertz CT molecular complexity index is 86.3. The maximum absolute atomic E-state index is 5.70. The molecule has 12 heavy (non-hydrogen) atoms. The van der Waals surface area contributed by atoms with Crippen LogP contribution < -0.4 is 5.73 Å². The number of hydrogen-bond donors (Lipinski definition) is 1. The van der Waals surface area contributed by atoms with Crippen LogP contribution in [0.1, 0.15) is 40.0 Å². The Labute approximate surface area is 86.6 Å². The van der Waals surface area contributed by atoms with Crippen LogP contribution in [0.4, 0.5) is 0 Å². The number of nitrogens with two attached hydrogens (primary N) is 1. The van der Waals surface area contributed by atoms with E-state index in [0.717, 1.165) is 19.3 Å². The molecule has 0 spiro atoms. The zero-order valence-corrected chi connectivity index (χ0v) is 10.1. The maximum atomic E-state index is 5.70. The zero-order chi connectivity index (χ0) is 8.74. The average molecular weight is 240 g/mol. The molecule has 0 aliphatic carbocycles. The number of rotatable bonds is 6. The van der Waals surface area contributed by atoms with Gasteiger partial charge >= 0.3 is 0 Å². The van der Waals surface area contributed by atoms with E-state index in [4.69, 9.17) is 10.5 Å². The van der Waals surface area contributed by atoms with Crippen molar-refractivity contribution >= 4 is 17.0 Å². The molecule has 3 heteroatoms. The minimum atomic E-state index is 0. The molecule has 0 aromatic rings. The Hall–Kier alpha value is 0.400. The Morgan fingerprint density at radius 3 is 1.75 bits per heavy atom. The summed E-state index contributed by atoms with van der Waals surface area (Å²) in [5, 5.41) is 0. The summed E-state index contributed by atoms with van der Waals surface area (Å²) in [4.78, 5) is 0. The molecular weight excluding hydrogens is 218 g/mol. The Morgan fingerprint density at radius 2 is 1.50 bits per heavy atom. The molecule has 0 radical (unpaired) electrons. The van der Waals surface area contributed by atoms with Gasteiger partial charge in [-0.05, 0) is 19.3 Å². The van der Waals surface area contributed by atoms with Crippen LogP contribution in [0.3, 0.4) is 0 Å². The van der Waals surface area contributed by atoms with Crippen molar-refractivity contribution in [3.05, 3.63) is 0 Å².